The molecule has 0 bridgehead atoms. The van der Waals surface area contributed by atoms with Gasteiger partial charge in [0.1, 0.15) is 6.10 Å². The number of ether oxygens (including phenoxy) is 1. The third-order valence-corrected chi connectivity index (χ3v) is 2.17. The van der Waals surface area contributed by atoms with Crippen molar-refractivity contribution in [2.45, 2.75) is 53.6 Å². The Labute approximate surface area is 87.3 Å². The van der Waals surface area contributed by atoms with E-state index >= 15 is 0 Å². The minimum absolute atomic E-state index is 0.0487. The molecule has 2 atom stereocenters. The van der Waals surface area contributed by atoms with Crippen molar-refractivity contribution < 1.29 is 9.53 Å². The lowest BCUT2D eigenvalue weighted by Gasteiger charge is -2.17. The average Bonchev–Trinajstić information content (AvgIpc) is 2.01. The summed E-state index contributed by atoms with van der Waals surface area (Å²) in [5.41, 5.74) is 1.19. The van der Waals surface area contributed by atoms with Gasteiger partial charge in [-0.05, 0) is 32.3 Å². The molecule has 0 N–H and O–H groups in total. The molecule has 0 fully saturated rings. The SMILES string of the molecule is CCC(C)CC(C=C(C)C)OC(C)=O. The number of allylic oxidation sites excluding steroid dienone is 1. The van der Waals surface area contributed by atoms with Gasteiger partial charge in [0, 0.05) is 6.92 Å². The van der Waals surface area contributed by atoms with E-state index in [4.69, 9.17) is 4.74 Å². The number of esters is 1. The zero-order chi connectivity index (χ0) is 11.1. The maximum Gasteiger partial charge on any atom is 0.303 e. The molecule has 0 spiro atoms. The van der Waals surface area contributed by atoms with Gasteiger partial charge < -0.3 is 4.74 Å². The normalized spacial score (nSPS) is 14.4. The number of carbonyl (C=O) groups is 1. The van der Waals surface area contributed by atoms with Gasteiger partial charge in [-0.25, -0.2) is 0 Å². The highest BCUT2D eigenvalue weighted by Gasteiger charge is 2.12. The van der Waals surface area contributed by atoms with Gasteiger partial charge in [-0.15, -0.1) is 0 Å². The first-order valence-corrected chi connectivity index (χ1v) is 5.28. The van der Waals surface area contributed by atoms with Crippen molar-refractivity contribution in [1.29, 1.82) is 0 Å². The quantitative estimate of drug-likeness (QED) is 0.500. The Kier molecular flexibility index (Phi) is 6.26. The summed E-state index contributed by atoms with van der Waals surface area (Å²) in [6, 6.07) is 0. The molecule has 0 amide bonds. The van der Waals surface area contributed by atoms with Crippen molar-refractivity contribution in [3.8, 4) is 0 Å². The van der Waals surface area contributed by atoms with Gasteiger partial charge in [0.05, 0.1) is 0 Å². The fourth-order valence-corrected chi connectivity index (χ4v) is 1.30. The monoisotopic (exact) mass is 198 g/mol. The number of rotatable bonds is 5. The molecule has 14 heavy (non-hydrogen) atoms. The van der Waals surface area contributed by atoms with Gasteiger partial charge in [0.25, 0.3) is 0 Å². The largest absolute Gasteiger partial charge is 0.458 e. The van der Waals surface area contributed by atoms with Crippen LogP contribution in [0.25, 0.3) is 0 Å². The Morgan fingerprint density at radius 2 is 1.93 bits per heavy atom. The summed E-state index contributed by atoms with van der Waals surface area (Å²) in [6.45, 7) is 9.83. The second-order valence-electron chi connectivity index (χ2n) is 4.14. The smallest absolute Gasteiger partial charge is 0.303 e. The van der Waals surface area contributed by atoms with Crippen molar-refractivity contribution in [2.75, 3.05) is 0 Å². The van der Waals surface area contributed by atoms with E-state index in [1.54, 1.807) is 0 Å². The zero-order valence-electron chi connectivity index (χ0n) is 9.96. The van der Waals surface area contributed by atoms with Crippen LogP contribution in [0.1, 0.15) is 47.5 Å². The van der Waals surface area contributed by atoms with Crippen LogP contribution < -0.4 is 0 Å². The second kappa shape index (κ2) is 6.63. The lowest BCUT2D eigenvalue weighted by atomic mass is 10.00. The van der Waals surface area contributed by atoms with Gasteiger partial charge in [-0.1, -0.05) is 25.8 Å². The fraction of sp³-hybridized carbons (Fsp3) is 0.750. The number of hydrogen-bond acceptors (Lipinski definition) is 2. The molecule has 0 aliphatic heterocycles. The molecule has 0 aromatic rings. The molecule has 0 aromatic heterocycles. The lowest BCUT2D eigenvalue weighted by Crippen LogP contribution is -2.17. The molecule has 82 valence electrons. The van der Waals surface area contributed by atoms with Crippen LogP contribution >= 0.6 is 0 Å². The third-order valence-electron chi connectivity index (χ3n) is 2.17. The predicted octanol–water partition coefficient (Wildman–Crippen LogP) is 3.32. The van der Waals surface area contributed by atoms with Crippen LogP contribution in [0.4, 0.5) is 0 Å². The number of carbonyl (C=O) groups excluding carboxylic acids is 1. The summed E-state index contributed by atoms with van der Waals surface area (Å²) in [5.74, 6) is 0.394. The molecule has 2 unspecified atom stereocenters. The highest BCUT2D eigenvalue weighted by Crippen LogP contribution is 2.14. The summed E-state index contributed by atoms with van der Waals surface area (Å²) in [4.78, 5) is 10.9. The Morgan fingerprint density at radius 1 is 1.36 bits per heavy atom. The van der Waals surface area contributed by atoms with Crippen molar-refractivity contribution in [1.82, 2.24) is 0 Å². The van der Waals surface area contributed by atoms with Crippen LogP contribution in [0.15, 0.2) is 11.6 Å². The fourth-order valence-electron chi connectivity index (χ4n) is 1.30. The highest BCUT2D eigenvalue weighted by atomic mass is 16.5. The maximum atomic E-state index is 10.9. The minimum Gasteiger partial charge on any atom is -0.458 e. The highest BCUT2D eigenvalue weighted by molar-refractivity contribution is 5.66. The van der Waals surface area contributed by atoms with E-state index in [2.05, 4.69) is 13.8 Å². The van der Waals surface area contributed by atoms with Crippen molar-refractivity contribution in [3.63, 3.8) is 0 Å². The second-order valence-corrected chi connectivity index (χ2v) is 4.14. The Morgan fingerprint density at radius 3 is 2.29 bits per heavy atom. The van der Waals surface area contributed by atoms with Gasteiger partial charge >= 0.3 is 5.97 Å². The number of hydrogen-bond donors (Lipinski definition) is 0. The van der Waals surface area contributed by atoms with E-state index in [0.29, 0.717) is 5.92 Å². The summed E-state index contributed by atoms with van der Waals surface area (Å²) in [6.07, 6.45) is 4.01. The van der Waals surface area contributed by atoms with Crippen LogP contribution in [0.2, 0.25) is 0 Å². The van der Waals surface area contributed by atoms with Gasteiger partial charge in [-0.3, -0.25) is 4.79 Å². The first kappa shape index (κ1) is 13.2. The van der Waals surface area contributed by atoms with Crippen molar-refractivity contribution in [3.05, 3.63) is 11.6 Å². The molecular weight excluding hydrogens is 176 g/mol. The Balaban J connectivity index is 4.25. The molecule has 0 aliphatic carbocycles. The van der Waals surface area contributed by atoms with Crippen LogP contribution in [0, 0.1) is 5.92 Å². The van der Waals surface area contributed by atoms with E-state index in [1.165, 1.54) is 12.5 Å². The standard InChI is InChI=1S/C12H22O2/c1-6-10(4)8-12(7-9(2)3)14-11(5)13/h7,10,12H,6,8H2,1-5H3. The Bertz CT molecular complexity index is 202. The van der Waals surface area contributed by atoms with Crippen LogP contribution in [0.5, 0.6) is 0 Å². The zero-order valence-corrected chi connectivity index (χ0v) is 9.96. The van der Waals surface area contributed by atoms with Gasteiger partial charge in [-0.2, -0.15) is 0 Å². The minimum atomic E-state index is -0.198. The third kappa shape index (κ3) is 6.70. The molecule has 0 radical (unpaired) electrons. The van der Waals surface area contributed by atoms with Crippen molar-refractivity contribution in [2.24, 2.45) is 5.92 Å². The van der Waals surface area contributed by atoms with Gasteiger partial charge in [0.15, 0.2) is 0 Å². The van der Waals surface area contributed by atoms with Crippen LogP contribution in [0.3, 0.4) is 0 Å². The molecule has 0 heterocycles. The van der Waals surface area contributed by atoms with E-state index < -0.39 is 0 Å². The maximum absolute atomic E-state index is 10.9. The summed E-state index contributed by atoms with van der Waals surface area (Å²) < 4.78 is 5.22. The molecule has 0 saturated heterocycles. The molecule has 0 rings (SSSR count). The van der Waals surface area contributed by atoms with E-state index in [9.17, 15) is 4.79 Å². The summed E-state index contributed by atoms with van der Waals surface area (Å²) >= 11 is 0. The van der Waals surface area contributed by atoms with Crippen LogP contribution in [-0.4, -0.2) is 12.1 Å². The molecule has 0 aliphatic rings. The van der Waals surface area contributed by atoms with Crippen LogP contribution in [-0.2, 0) is 9.53 Å². The first-order chi connectivity index (χ1) is 6.45. The summed E-state index contributed by atoms with van der Waals surface area (Å²) in [7, 11) is 0. The summed E-state index contributed by atoms with van der Waals surface area (Å²) in [5, 5.41) is 0. The van der Waals surface area contributed by atoms with Crippen molar-refractivity contribution >= 4 is 5.97 Å². The molecule has 2 nitrogen and oxygen atoms in total. The average molecular weight is 198 g/mol. The van der Waals surface area contributed by atoms with E-state index in [1.807, 2.05) is 19.9 Å². The molecular formula is C12H22O2. The predicted molar refractivity (Wildman–Crippen MR) is 59.1 cm³/mol. The topological polar surface area (TPSA) is 26.3 Å². The molecule has 0 saturated carbocycles. The Hall–Kier alpha value is -0.790. The first-order valence-electron chi connectivity index (χ1n) is 5.28. The molecule has 0 aromatic carbocycles. The van der Waals surface area contributed by atoms with Gasteiger partial charge in [0.2, 0.25) is 0 Å². The van der Waals surface area contributed by atoms with E-state index in [0.717, 1.165) is 12.8 Å². The van der Waals surface area contributed by atoms with E-state index in [-0.39, 0.29) is 12.1 Å². The lowest BCUT2D eigenvalue weighted by molar-refractivity contribution is -0.144. The molecule has 2 heteroatoms.